The molecule has 0 amide bonds. The Balaban J connectivity index is 2.66. The van der Waals surface area contributed by atoms with Gasteiger partial charge in [-0.1, -0.05) is 36.2 Å². The summed E-state index contributed by atoms with van der Waals surface area (Å²) in [5.41, 5.74) is 0. The molecule has 0 aliphatic heterocycles. The second-order valence-corrected chi connectivity index (χ2v) is 4.33. The van der Waals surface area contributed by atoms with Gasteiger partial charge in [-0.15, -0.1) is 0 Å². The topological polar surface area (TPSA) is 9.23 Å². The lowest BCUT2D eigenvalue weighted by molar-refractivity contribution is 0.274. The molecule has 0 aliphatic carbocycles. The normalized spacial score (nSPS) is 12.6. The zero-order valence-corrected chi connectivity index (χ0v) is 10.2. The molecule has 0 saturated heterocycles. The standard InChI is InChI=1S/C10H12Cl2OS/c1-7(6-14)5-13-10-8(11)3-2-4-9(10)12/h2-4,7,14H,5-6H2,1H3. The molecule has 1 nitrogen and oxygen atoms in total. The zero-order chi connectivity index (χ0) is 10.6. The van der Waals surface area contributed by atoms with Gasteiger partial charge in [-0.25, -0.2) is 0 Å². The van der Waals surface area contributed by atoms with Crippen molar-refractivity contribution in [2.75, 3.05) is 12.4 Å². The van der Waals surface area contributed by atoms with Crippen molar-refractivity contribution < 1.29 is 4.74 Å². The van der Waals surface area contributed by atoms with Gasteiger partial charge in [0, 0.05) is 0 Å². The summed E-state index contributed by atoms with van der Waals surface area (Å²) in [6, 6.07) is 5.31. The van der Waals surface area contributed by atoms with Crippen molar-refractivity contribution in [3.05, 3.63) is 28.2 Å². The molecule has 4 heteroatoms. The minimum absolute atomic E-state index is 0.380. The van der Waals surface area contributed by atoms with E-state index in [4.69, 9.17) is 27.9 Å². The smallest absolute Gasteiger partial charge is 0.156 e. The van der Waals surface area contributed by atoms with Gasteiger partial charge < -0.3 is 4.74 Å². The maximum atomic E-state index is 5.93. The highest BCUT2D eigenvalue weighted by Gasteiger charge is 2.08. The van der Waals surface area contributed by atoms with Crippen LogP contribution in [0.5, 0.6) is 5.75 Å². The fourth-order valence-electron chi connectivity index (χ4n) is 0.899. The number of rotatable bonds is 4. The van der Waals surface area contributed by atoms with Crippen LogP contribution < -0.4 is 4.74 Å². The van der Waals surface area contributed by atoms with Crippen LogP contribution in [-0.4, -0.2) is 12.4 Å². The van der Waals surface area contributed by atoms with Gasteiger partial charge in [0.2, 0.25) is 0 Å². The van der Waals surface area contributed by atoms with Crippen molar-refractivity contribution in [1.29, 1.82) is 0 Å². The summed E-state index contributed by atoms with van der Waals surface area (Å²) in [7, 11) is 0. The van der Waals surface area contributed by atoms with Gasteiger partial charge in [0.15, 0.2) is 5.75 Å². The Morgan fingerprint density at radius 3 is 2.43 bits per heavy atom. The first-order chi connectivity index (χ1) is 6.65. The fraction of sp³-hybridized carbons (Fsp3) is 0.400. The third-order valence-corrected chi connectivity index (χ3v) is 2.96. The van der Waals surface area contributed by atoms with Crippen molar-refractivity contribution in [3.8, 4) is 5.75 Å². The van der Waals surface area contributed by atoms with E-state index in [1.807, 2.05) is 0 Å². The molecule has 0 heterocycles. The minimum Gasteiger partial charge on any atom is -0.490 e. The summed E-state index contributed by atoms with van der Waals surface area (Å²) in [5.74, 6) is 1.72. The molecule has 14 heavy (non-hydrogen) atoms. The molecular formula is C10H12Cl2OS. The highest BCUT2D eigenvalue weighted by Crippen LogP contribution is 2.32. The molecule has 1 rings (SSSR count). The Bertz CT molecular complexity index is 284. The summed E-state index contributed by atoms with van der Waals surface area (Å²) < 4.78 is 5.51. The van der Waals surface area contributed by atoms with Crippen molar-refractivity contribution in [1.82, 2.24) is 0 Å². The summed E-state index contributed by atoms with van der Waals surface area (Å²) >= 11 is 16.0. The maximum Gasteiger partial charge on any atom is 0.156 e. The van der Waals surface area contributed by atoms with Crippen molar-refractivity contribution in [2.45, 2.75) is 6.92 Å². The highest BCUT2D eigenvalue weighted by molar-refractivity contribution is 7.80. The van der Waals surface area contributed by atoms with Gasteiger partial charge in [-0.05, 0) is 23.8 Å². The van der Waals surface area contributed by atoms with Gasteiger partial charge in [0.05, 0.1) is 16.7 Å². The predicted molar refractivity (Wildman–Crippen MR) is 65.0 cm³/mol. The van der Waals surface area contributed by atoms with Crippen molar-refractivity contribution in [3.63, 3.8) is 0 Å². The number of ether oxygens (including phenoxy) is 1. The van der Waals surface area contributed by atoms with Gasteiger partial charge in [0.1, 0.15) is 0 Å². The first kappa shape index (κ1) is 12.0. The van der Waals surface area contributed by atoms with Crippen molar-refractivity contribution >= 4 is 35.8 Å². The number of halogens is 2. The monoisotopic (exact) mass is 250 g/mol. The van der Waals surface area contributed by atoms with Gasteiger partial charge in [-0.3, -0.25) is 0 Å². The Labute approximate surface area is 99.8 Å². The molecule has 1 atom stereocenters. The second kappa shape index (κ2) is 5.74. The third kappa shape index (κ3) is 3.26. The molecule has 1 aromatic rings. The summed E-state index contributed by atoms with van der Waals surface area (Å²) in [5, 5.41) is 1.09. The molecule has 0 fully saturated rings. The van der Waals surface area contributed by atoms with Crippen molar-refractivity contribution in [2.24, 2.45) is 5.92 Å². The van der Waals surface area contributed by atoms with E-state index in [9.17, 15) is 0 Å². The summed E-state index contributed by atoms with van der Waals surface area (Å²) in [6.45, 7) is 2.63. The average Bonchev–Trinajstić information content (AvgIpc) is 2.16. The predicted octanol–water partition coefficient (Wildman–Crippen LogP) is 3.94. The van der Waals surface area contributed by atoms with Gasteiger partial charge in [-0.2, -0.15) is 12.6 Å². The number of para-hydroxylation sites is 1. The number of thiol groups is 1. The van der Waals surface area contributed by atoms with Crippen LogP contribution in [-0.2, 0) is 0 Å². The van der Waals surface area contributed by atoms with E-state index in [0.29, 0.717) is 28.3 Å². The van der Waals surface area contributed by atoms with Crippen LogP contribution in [0.3, 0.4) is 0 Å². The maximum absolute atomic E-state index is 5.93. The van der Waals surface area contributed by atoms with Crippen LogP contribution in [0.4, 0.5) is 0 Å². The number of hydrogen-bond acceptors (Lipinski definition) is 2. The Hall–Kier alpha value is -0.0500. The Morgan fingerprint density at radius 1 is 1.36 bits per heavy atom. The third-order valence-electron chi connectivity index (χ3n) is 1.74. The van der Waals surface area contributed by atoms with Crippen LogP contribution in [0.15, 0.2) is 18.2 Å². The van der Waals surface area contributed by atoms with Crippen LogP contribution in [0.25, 0.3) is 0 Å². The Morgan fingerprint density at radius 2 is 1.93 bits per heavy atom. The van der Waals surface area contributed by atoms with E-state index in [-0.39, 0.29) is 0 Å². The van der Waals surface area contributed by atoms with E-state index in [1.54, 1.807) is 18.2 Å². The molecule has 0 saturated carbocycles. The number of hydrogen-bond donors (Lipinski definition) is 1. The number of benzene rings is 1. The van der Waals surface area contributed by atoms with Gasteiger partial charge >= 0.3 is 0 Å². The summed E-state index contributed by atoms with van der Waals surface area (Å²) in [6.07, 6.45) is 0. The van der Waals surface area contributed by atoms with E-state index in [2.05, 4.69) is 19.6 Å². The van der Waals surface area contributed by atoms with Crippen LogP contribution >= 0.6 is 35.8 Å². The minimum atomic E-state index is 0.380. The lowest BCUT2D eigenvalue weighted by Gasteiger charge is -2.12. The lowest BCUT2D eigenvalue weighted by atomic mass is 10.2. The average molecular weight is 251 g/mol. The molecular weight excluding hydrogens is 239 g/mol. The summed E-state index contributed by atoms with van der Waals surface area (Å²) in [4.78, 5) is 0. The van der Waals surface area contributed by atoms with E-state index < -0.39 is 0 Å². The van der Waals surface area contributed by atoms with Crippen LogP contribution in [0.2, 0.25) is 10.0 Å². The molecule has 1 unspecified atom stereocenters. The van der Waals surface area contributed by atoms with E-state index in [1.165, 1.54) is 0 Å². The largest absolute Gasteiger partial charge is 0.490 e. The molecule has 0 aromatic heterocycles. The SMILES string of the molecule is CC(CS)COc1c(Cl)cccc1Cl. The molecule has 0 spiro atoms. The lowest BCUT2D eigenvalue weighted by Crippen LogP contribution is -2.10. The molecule has 0 N–H and O–H groups in total. The zero-order valence-electron chi connectivity index (χ0n) is 7.84. The first-order valence-corrected chi connectivity index (χ1v) is 5.71. The second-order valence-electron chi connectivity index (χ2n) is 3.15. The van der Waals surface area contributed by atoms with E-state index >= 15 is 0 Å². The van der Waals surface area contributed by atoms with Crippen LogP contribution in [0, 0.1) is 5.92 Å². The molecule has 0 aliphatic rings. The Kier molecular flexibility index (Phi) is 4.93. The molecule has 0 bridgehead atoms. The highest BCUT2D eigenvalue weighted by atomic mass is 35.5. The fourth-order valence-corrected chi connectivity index (χ4v) is 1.51. The first-order valence-electron chi connectivity index (χ1n) is 4.32. The molecule has 1 aromatic carbocycles. The van der Waals surface area contributed by atoms with Crippen LogP contribution in [0.1, 0.15) is 6.92 Å². The van der Waals surface area contributed by atoms with E-state index in [0.717, 1.165) is 5.75 Å². The molecule has 0 radical (unpaired) electrons. The molecule has 78 valence electrons. The van der Waals surface area contributed by atoms with Gasteiger partial charge in [0.25, 0.3) is 0 Å². The quantitative estimate of drug-likeness (QED) is 0.797.